The Hall–Kier alpha value is -1.63. The van der Waals surface area contributed by atoms with Crippen LogP contribution < -0.4 is 21.5 Å². The maximum absolute atomic E-state index is 12.7. The van der Waals surface area contributed by atoms with E-state index in [0.29, 0.717) is 36.6 Å². The molecule has 1 fully saturated rings. The van der Waals surface area contributed by atoms with E-state index in [-0.39, 0.29) is 4.90 Å². The van der Waals surface area contributed by atoms with Gasteiger partial charge in [-0.25, -0.2) is 8.42 Å². The Labute approximate surface area is 119 Å². The molecule has 0 saturated carbocycles. The molecule has 20 heavy (non-hydrogen) atoms. The van der Waals surface area contributed by atoms with E-state index in [1.54, 1.807) is 30.4 Å². The lowest BCUT2D eigenvalue weighted by atomic mass is 10.2. The number of benzene rings is 1. The summed E-state index contributed by atoms with van der Waals surface area (Å²) in [6, 6.07) is 5.10. The first-order valence-electron chi connectivity index (χ1n) is 6.46. The molecule has 1 saturated heterocycles. The molecule has 5 nitrogen and oxygen atoms in total. The standard InChI is InChI=1S/C14H19N3O2S/c1-2-4-13-12(11-15)5-3-6-14(13)20(18,19)17-9-7-16-8-10-17/h2-6,11,16H,1,7-10,15H2/b12-11-,13-4+. The highest BCUT2D eigenvalue weighted by Crippen LogP contribution is 2.11. The lowest BCUT2D eigenvalue weighted by Crippen LogP contribution is -2.48. The van der Waals surface area contributed by atoms with Gasteiger partial charge in [0.05, 0.1) is 4.90 Å². The number of hydrogen-bond acceptors (Lipinski definition) is 4. The summed E-state index contributed by atoms with van der Waals surface area (Å²) >= 11 is 0. The third kappa shape index (κ3) is 2.77. The number of nitrogens with zero attached hydrogens (tertiary/aromatic N) is 1. The van der Waals surface area contributed by atoms with Gasteiger partial charge in [-0.2, -0.15) is 4.31 Å². The largest absolute Gasteiger partial charge is 0.404 e. The molecular weight excluding hydrogens is 274 g/mol. The Morgan fingerprint density at radius 3 is 2.60 bits per heavy atom. The second kappa shape index (κ2) is 6.21. The average molecular weight is 293 g/mol. The third-order valence-electron chi connectivity index (χ3n) is 3.26. The van der Waals surface area contributed by atoms with Crippen LogP contribution in [0.15, 0.2) is 35.7 Å². The van der Waals surface area contributed by atoms with E-state index in [1.165, 1.54) is 10.5 Å². The van der Waals surface area contributed by atoms with Crippen molar-refractivity contribution in [2.24, 2.45) is 5.73 Å². The minimum absolute atomic E-state index is 0.276. The van der Waals surface area contributed by atoms with E-state index in [0.717, 1.165) is 0 Å². The Morgan fingerprint density at radius 1 is 1.30 bits per heavy atom. The van der Waals surface area contributed by atoms with E-state index >= 15 is 0 Å². The summed E-state index contributed by atoms with van der Waals surface area (Å²) in [7, 11) is -3.51. The molecule has 0 aromatic heterocycles. The molecule has 0 spiro atoms. The van der Waals surface area contributed by atoms with Gasteiger partial charge in [0, 0.05) is 37.6 Å². The van der Waals surface area contributed by atoms with Gasteiger partial charge in [-0.05, 0) is 11.3 Å². The van der Waals surface area contributed by atoms with Gasteiger partial charge in [0.25, 0.3) is 0 Å². The van der Waals surface area contributed by atoms with Crippen molar-refractivity contribution in [2.45, 2.75) is 4.90 Å². The van der Waals surface area contributed by atoms with Gasteiger partial charge in [0.2, 0.25) is 10.0 Å². The molecule has 0 amide bonds. The van der Waals surface area contributed by atoms with Gasteiger partial charge in [-0.15, -0.1) is 0 Å². The van der Waals surface area contributed by atoms with Crippen molar-refractivity contribution < 1.29 is 8.42 Å². The van der Waals surface area contributed by atoms with Gasteiger partial charge in [-0.1, -0.05) is 30.9 Å². The zero-order chi connectivity index (χ0) is 14.6. The molecule has 108 valence electrons. The van der Waals surface area contributed by atoms with Crippen molar-refractivity contribution in [1.82, 2.24) is 9.62 Å². The van der Waals surface area contributed by atoms with Crippen LogP contribution in [0.25, 0.3) is 12.3 Å². The van der Waals surface area contributed by atoms with Crippen molar-refractivity contribution in [3.8, 4) is 0 Å². The first kappa shape index (κ1) is 14.8. The van der Waals surface area contributed by atoms with Crippen LogP contribution in [0.3, 0.4) is 0 Å². The maximum atomic E-state index is 12.7. The van der Waals surface area contributed by atoms with Crippen LogP contribution in [0.1, 0.15) is 0 Å². The summed E-state index contributed by atoms with van der Waals surface area (Å²) in [5.74, 6) is 0. The van der Waals surface area contributed by atoms with Gasteiger partial charge in [-0.3, -0.25) is 0 Å². The van der Waals surface area contributed by atoms with Crippen LogP contribution in [0.2, 0.25) is 0 Å². The third-order valence-corrected chi connectivity index (χ3v) is 5.21. The molecule has 0 bridgehead atoms. The molecule has 1 heterocycles. The predicted octanol–water partition coefficient (Wildman–Crippen LogP) is -1.06. The summed E-state index contributed by atoms with van der Waals surface area (Å²) in [4.78, 5) is 0.276. The number of nitrogens with two attached hydrogens (primary N) is 1. The highest BCUT2D eigenvalue weighted by molar-refractivity contribution is 7.89. The fourth-order valence-corrected chi connectivity index (χ4v) is 3.91. The van der Waals surface area contributed by atoms with Gasteiger partial charge in [0.1, 0.15) is 0 Å². The number of piperazine rings is 1. The molecule has 1 aliphatic heterocycles. The first-order valence-corrected chi connectivity index (χ1v) is 7.90. The van der Waals surface area contributed by atoms with Crippen molar-refractivity contribution in [3.05, 3.63) is 41.3 Å². The van der Waals surface area contributed by atoms with Crippen LogP contribution in [0.4, 0.5) is 0 Å². The zero-order valence-corrected chi connectivity index (χ0v) is 12.1. The van der Waals surface area contributed by atoms with Crippen molar-refractivity contribution in [1.29, 1.82) is 0 Å². The molecule has 3 N–H and O–H groups in total. The lowest BCUT2D eigenvalue weighted by Gasteiger charge is -2.26. The molecule has 1 aromatic carbocycles. The van der Waals surface area contributed by atoms with E-state index in [2.05, 4.69) is 11.9 Å². The van der Waals surface area contributed by atoms with Gasteiger partial charge >= 0.3 is 0 Å². The Kier molecular flexibility index (Phi) is 4.59. The van der Waals surface area contributed by atoms with E-state index in [9.17, 15) is 8.42 Å². The molecule has 0 unspecified atom stereocenters. The van der Waals surface area contributed by atoms with Crippen LogP contribution in [0.5, 0.6) is 0 Å². The molecule has 0 aliphatic carbocycles. The summed E-state index contributed by atoms with van der Waals surface area (Å²) in [6.07, 6.45) is 4.65. The molecule has 1 aromatic rings. The predicted molar refractivity (Wildman–Crippen MR) is 80.6 cm³/mol. The van der Waals surface area contributed by atoms with Crippen LogP contribution in [-0.2, 0) is 10.0 Å². The second-order valence-electron chi connectivity index (χ2n) is 4.48. The first-order chi connectivity index (χ1) is 9.61. The number of nitrogens with one attached hydrogen (secondary N) is 1. The Balaban J connectivity index is 2.63. The quantitative estimate of drug-likeness (QED) is 0.745. The van der Waals surface area contributed by atoms with Gasteiger partial charge in [0.15, 0.2) is 0 Å². The molecule has 0 atom stereocenters. The normalized spacial score (nSPS) is 19.2. The highest BCUT2D eigenvalue weighted by atomic mass is 32.2. The molecule has 1 aliphatic rings. The molecule has 2 rings (SSSR count). The maximum Gasteiger partial charge on any atom is 0.243 e. The SMILES string of the molecule is C=C/C=c1/c(S(=O)(=O)N2CCNCC2)ccc/c1=C/N. The smallest absolute Gasteiger partial charge is 0.243 e. The molecule has 0 radical (unpaired) electrons. The minimum Gasteiger partial charge on any atom is -0.404 e. The fourth-order valence-electron chi connectivity index (χ4n) is 2.25. The van der Waals surface area contributed by atoms with Crippen molar-refractivity contribution in [2.75, 3.05) is 26.2 Å². The second-order valence-corrected chi connectivity index (χ2v) is 6.39. The number of sulfonamides is 1. The number of hydrogen-bond donors (Lipinski definition) is 2. The lowest BCUT2D eigenvalue weighted by molar-refractivity contribution is 0.360. The number of rotatable bonds is 3. The molecule has 6 heteroatoms. The summed E-state index contributed by atoms with van der Waals surface area (Å²) in [6.45, 7) is 5.93. The van der Waals surface area contributed by atoms with Crippen LogP contribution in [-0.4, -0.2) is 38.9 Å². The van der Waals surface area contributed by atoms with E-state index in [4.69, 9.17) is 5.73 Å². The summed E-state index contributed by atoms with van der Waals surface area (Å²) in [5, 5.41) is 4.41. The van der Waals surface area contributed by atoms with E-state index < -0.39 is 10.0 Å². The van der Waals surface area contributed by atoms with Gasteiger partial charge < -0.3 is 11.1 Å². The summed E-state index contributed by atoms with van der Waals surface area (Å²) < 4.78 is 27.0. The monoisotopic (exact) mass is 293 g/mol. The van der Waals surface area contributed by atoms with Crippen LogP contribution in [0, 0.1) is 0 Å². The minimum atomic E-state index is -3.51. The summed E-state index contributed by atoms with van der Waals surface area (Å²) in [5.41, 5.74) is 5.57. The zero-order valence-electron chi connectivity index (χ0n) is 11.2. The topological polar surface area (TPSA) is 75.4 Å². The fraction of sp³-hybridized carbons (Fsp3) is 0.286. The Bertz CT molecular complexity index is 704. The van der Waals surface area contributed by atoms with Crippen LogP contribution >= 0.6 is 0 Å². The van der Waals surface area contributed by atoms with Crippen molar-refractivity contribution in [3.63, 3.8) is 0 Å². The highest BCUT2D eigenvalue weighted by Gasteiger charge is 2.26. The molecular formula is C14H19N3O2S. The number of allylic oxidation sites excluding steroid dienone is 1. The Morgan fingerprint density at radius 2 is 2.00 bits per heavy atom. The van der Waals surface area contributed by atoms with E-state index in [1.807, 2.05) is 0 Å². The van der Waals surface area contributed by atoms with Crippen molar-refractivity contribution >= 4 is 22.3 Å². The average Bonchev–Trinajstić information content (AvgIpc) is 2.48.